The van der Waals surface area contributed by atoms with Crippen LogP contribution in [0.2, 0.25) is 0 Å². The maximum absolute atomic E-state index is 10.7. The molecule has 1 aliphatic rings. The molecule has 0 spiro atoms. The van der Waals surface area contributed by atoms with E-state index in [-0.39, 0.29) is 0 Å². The van der Waals surface area contributed by atoms with Crippen LogP contribution in [-0.2, 0) is 4.79 Å². The van der Waals surface area contributed by atoms with E-state index in [4.69, 9.17) is 5.11 Å². The number of carboxylic acids is 1. The Kier molecular flexibility index (Phi) is 4.97. The van der Waals surface area contributed by atoms with Crippen molar-refractivity contribution in [2.75, 3.05) is 13.1 Å². The van der Waals surface area contributed by atoms with Gasteiger partial charge in [0.1, 0.15) is 0 Å². The van der Waals surface area contributed by atoms with Gasteiger partial charge in [0.05, 0.1) is 0 Å². The highest BCUT2D eigenvalue weighted by Crippen LogP contribution is 2.30. The fraction of sp³-hybridized carbons (Fsp3) is 0.562. The quantitative estimate of drug-likeness (QED) is 0.884. The van der Waals surface area contributed by atoms with E-state index in [1.807, 2.05) is 0 Å². The lowest BCUT2D eigenvalue weighted by Crippen LogP contribution is -2.37. The monoisotopic (exact) mass is 261 g/mol. The predicted molar refractivity (Wildman–Crippen MR) is 76.0 cm³/mol. The molecule has 0 aliphatic carbocycles. The van der Waals surface area contributed by atoms with Crippen molar-refractivity contribution >= 4 is 5.97 Å². The Labute approximate surface area is 115 Å². The highest BCUT2D eigenvalue weighted by molar-refractivity contribution is 5.67. The van der Waals surface area contributed by atoms with Crippen molar-refractivity contribution in [2.45, 2.75) is 38.6 Å². The molecule has 1 aromatic carbocycles. The maximum atomic E-state index is 10.7. The Morgan fingerprint density at radius 1 is 1.32 bits per heavy atom. The van der Waals surface area contributed by atoms with Gasteiger partial charge < -0.3 is 5.11 Å². The van der Waals surface area contributed by atoms with E-state index in [9.17, 15) is 4.79 Å². The molecule has 3 nitrogen and oxygen atoms in total. The summed E-state index contributed by atoms with van der Waals surface area (Å²) in [5.41, 5.74) is 1.38. The number of piperidine rings is 1. The molecule has 1 aromatic rings. The second-order valence-corrected chi connectivity index (χ2v) is 5.41. The Hall–Kier alpha value is -1.35. The van der Waals surface area contributed by atoms with E-state index in [0.717, 1.165) is 32.4 Å². The minimum Gasteiger partial charge on any atom is -0.481 e. The van der Waals surface area contributed by atoms with Crippen LogP contribution in [0.25, 0.3) is 0 Å². The Morgan fingerprint density at radius 3 is 2.47 bits per heavy atom. The van der Waals surface area contributed by atoms with Crippen molar-refractivity contribution in [3.63, 3.8) is 0 Å². The van der Waals surface area contributed by atoms with Crippen molar-refractivity contribution < 1.29 is 9.90 Å². The van der Waals surface area contributed by atoms with Crippen LogP contribution >= 0.6 is 0 Å². The van der Waals surface area contributed by atoms with Crippen molar-refractivity contribution in [3.05, 3.63) is 35.9 Å². The molecule has 1 N–H and O–H groups in total. The molecule has 0 radical (unpaired) electrons. The number of nitrogens with zero attached hydrogens (tertiary/aromatic N) is 1. The van der Waals surface area contributed by atoms with Gasteiger partial charge in [-0.1, -0.05) is 37.3 Å². The number of aliphatic carboxylic acids is 1. The van der Waals surface area contributed by atoms with Gasteiger partial charge in [0.2, 0.25) is 0 Å². The second-order valence-electron chi connectivity index (χ2n) is 5.41. The Morgan fingerprint density at radius 2 is 1.95 bits per heavy atom. The first-order valence-electron chi connectivity index (χ1n) is 7.21. The van der Waals surface area contributed by atoms with Gasteiger partial charge in [-0.3, -0.25) is 9.69 Å². The first-order chi connectivity index (χ1) is 9.20. The van der Waals surface area contributed by atoms with E-state index >= 15 is 0 Å². The zero-order valence-corrected chi connectivity index (χ0v) is 11.6. The number of carboxylic acid groups (broad SMARTS) is 1. The molecule has 0 amide bonds. The van der Waals surface area contributed by atoms with E-state index in [1.54, 1.807) is 0 Å². The average molecular weight is 261 g/mol. The maximum Gasteiger partial charge on any atom is 0.303 e. The van der Waals surface area contributed by atoms with Crippen molar-refractivity contribution in [1.82, 2.24) is 4.90 Å². The van der Waals surface area contributed by atoms with Crippen LogP contribution in [0.4, 0.5) is 0 Å². The zero-order valence-electron chi connectivity index (χ0n) is 11.6. The molecule has 2 rings (SSSR count). The average Bonchev–Trinajstić information content (AvgIpc) is 2.42. The van der Waals surface area contributed by atoms with Crippen molar-refractivity contribution in [3.8, 4) is 0 Å². The molecule has 1 saturated heterocycles. The van der Waals surface area contributed by atoms with Gasteiger partial charge in [-0.15, -0.1) is 0 Å². The smallest absolute Gasteiger partial charge is 0.303 e. The van der Waals surface area contributed by atoms with Gasteiger partial charge in [-0.2, -0.15) is 0 Å². The molecule has 0 saturated carbocycles. The number of rotatable bonds is 5. The van der Waals surface area contributed by atoms with Crippen LogP contribution in [0.1, 0.15) is 44.2 Å². The standard InChI is InChI=1S/C16H23NO2/c1-2-15(14-6-4-3-5-7-14)17-10-8-13(9-11-17)12-16(18)19/h3-7,13,15H,2,8-12H2,1H3,(H,18,19). The lowest BCUT2D eigenvalue weighted by atomic mass is 9.91. The summed E-state index contributed by atoms with van der Waals surface area (Å²) >= 11 is 0. The van der Waals surface area contributed by atoms with Gasteiger partial charge in [0, 0.05) is 12.5 Å². The lowest BCUT2D eigenvalue weighted by Gasteiger charge is -2.37. The summed E-state index contributed by atoms with van der Waals surface area (Å²) in [6.07, 6.45) is 3.45. The largest absolute Gasteiger partial charge is 0.481 e. The topological polar surface area (TPSA) is 40.5 Å². The van der Waals surface area contributed by atoms with Crippen molar-refractivity contribution in [1.29, 1.82) is 0 Å². The SMILES string of the molecule is CCC(c1ccccc1)N1CCC(CC(=O)O)CC1. The normalized spacial score (nSPS) is 19.2. The molecule has 1 heterocycles. The Bertz CT molecular complexity index is 396. The van der Waals surface area contributed by atoms with Crippen LogP contribution in [0.3, 0.4) is 0 Å². The van der Waals surface area contributed by atoms with Crippen LogP contribution < -0.4 is 0 Å². The summed E-state index contributed by atoms with van der Waals surface area (Å²) in [7, 11) is 0. The third kappa shape index (κ3) is 3.80. The first-order valence-corrected chi connectivity index (χ1v) is 7.21. The van der Waals surface area contributed by atoms with Gasteiger partial charge in [-0.25, -0.2) is 0 Å². The van der Waals surface area contributed by atoms with Crippen LogP contribution in [0.5, 0.6) is 0 Å². The van der Waals surface area contributed by atoms with Crippen LogP contribution in [-0.4, -0.2) is 29.1 Å². The number of carbonyl (C=O) groups is 1. The summed E-state index contributed by atoms with van der Waals surface area (Å²) in [6, 6.07) is 11.1. The minimum absolute atomic E-state index is 0.329. The Balaban J connectivity index is 1.94. The van der Waals surface area contributed by atoms with E-state index in [0.29, 0.717) is 18.4 Å². The molecule has 0 bridgehead atoms. The molecule has 1 fully saturated rings. The lowest BCUT2D eigenvalue weighted by molar-refractivity contribution is -0.138. The third-order valence-electron chi connectivity index (χ3n) is 4.12. The molecule has 3 heteroatoms. The summed E-state index contributed by atoms with van der Waals surface area (Å²) < 4.78 is 0. The van der Waals surface area contributed by atoms with Gasteiger partial charge in [-0.05, 0) is 43.8 Å². The van der Waals surface area contributed by atoms with E-state index in [2.05, 4.69) is 42.2 Å². The molecule has 1 unspecified atom stereocenters. The number of hydrogen-bond donors (Lipinski definition) is 1. The molecule has 19 heavy (non-hydrogen) atoms. The molecular weight excluding hydrogens is 238 g/mol. The number of likely N-dealkylation sites (tertiary alicyclic amines) is 1. The zero-order chi connectivity index (χ0) is 13.7. The minimum atomic E-state index is -0.659. The van der Waals surface area contributed by atoms with Crippen LogP contribution in [0.15, 0.2) is 30.3 Å². The second kappa shape index (κ2) is 6.71. The summed E-state index contributed by atoms with van der Waals surface area (Å²) in [4.78, 5) is 13.3. The van der Waals surface area contributed by atoms with Gasteiger partial charge >= 0.3 is 5.97 Å². The molecule has 1 atom stereocenters. The van der Waals surface area contributed by atoms with Gasteiger partial charge in [0.15, 0.2) is 0 Å². The molecule has 104 valence electrons. The van der Waals surface area contributed by atoms with E-state index < -0.39 is 5.97 Å². The predicted octanol–water partition coefficient (Wildman–Crippen LogP) is 3.32. The summed E-state index contributed by atoms with van der Waals surface area (Å²) in [5.74, 6) is -0.296. The number of hydrogen-bond acceptors (Lipinski definition) is 2. The fourth-order valence-electron chi connectivity index (χ4n) is 3.10. The molecule has 0 aromatic heterocycles. The van der Waals surface area contributed by atoms with Crippen molar-refractivity contribution in [2.24, 2.45) is 5.92 Å². The summed E-state index contributed by atoms with van der Waals surface area (Å²) in [5, 5.41) is 8.85. The first kappa shape index (κ1) is 14.1. The fourth-order valence-corrected chi connectivity index (χ4v) is 3.10. The van der Waals surface area contributed by atoms with Crippen LogP contribution in [0, 0.1) is 5.92 Å². The highest BCUT2D eigenvalue weighted by atomic mass is 16.4. The molecular formula is C16H23NO2. The van der Waals surface area contributed by atoms with Gasteiger partial charge in [0.25, 0.3) is 0 Å². The van der Waals surface area contributed by atoms with E-state index in [1.165, 1.54) is 5.56 Å². The third-order valence-corrected chi connectivity index (χ3v) is 4.12. The summed E-state index contributed by atoms with van der Waals surface area (Å²) in [6.45, 7) is 4.26. The number of benzene rings is 1. The molecule has 1 aliphatic heterocycles. The highest BCUT2D eigenvalue weighted by Gasteiger charge is 2.25.